The molecule has 2 atom stereocenters. The number of aliphatic hydroxyl groups is 1. The van der Waals surface area contributed by atoms with Gasteiger partial charge < -0.3 is 23.5 Å². The van der Waals surface area contributed by atoms with Crippen molar-refractivity contribution < 1.29 is 28.1 Å². The highest BCUT2D eigenvalue weighted by Crippen LogP contribution is 2.40. The molecule has 0 rings (SSSR count). The molecule has 0 bridgehead atoms. The van der Waals surface area contributed by atoms with Crippen LogP contribution < -0.4 is 4.89 Å². The minimum absolute atomic E-state index is 0.0840. The van der Waals surface area contributed by atoms with Gasteiger partial charge in [-0.05, 0) is 6.42 Å². The number of nitrogens with zero attached hydrogens (tertiary/aromatic N) is 1. The zero-order valence-corrected chi connectivity index (χ0v) is 18.3. The maximum Gasteiger partial charge on any atom is 0.268 e. The van der Waals surface area contributed by atoms with Gasteiger partial charge in [0.05, 0.1) is 33.9 Å². The molecule has 0 spiro atoms. The monoisotopic (exact) mass is 395 g/mol. The predicted octanol–water partition coefficient (Wildman–Crippen LogP) is 3.87. The molecule has 7 heteroatoms. The van der Waals surface area contributed by atoms with E-state index in [0.717, 1.165) is 19.3 Å². The summed E-state index contributed by atoms with van der Waals surface area (Å²) in [6.07, 6.45) is 12.0. The fourth-order valence-corrected chi connectivity index (χ4v) is 3.58. The van der Waals surface area contributed by atoms with Crippen molar-refractivity contribution in [1.29, 1.82) is 0 Å². The number of unbranched alkanes of at least 4 members (excludes halogenated alkanes) is 9. The molecule has 1 N–H and O–H groups in total. The maximum atomic E-state index is 11.8. The molecule has 0 aliphatic carbocycles. The molecule has 0 radical (unpaired) electrons. The van der Waals surface area contributed by atoms with E-state index in [-0.39, 0.29) is 13.2 Å². The number of rotatable bonds is 18. The fourth-order valence-electron chi connectivity index (χ4n) is 2.68. The van der Waals surface area contributed by atoms with Gasteiger partial charge in [-0.3, -0.25) is 4.57 Å². The molecule has 0 aromatic carbocycles. The third-order valence-corrected chi connectivity index (χ3v) is 5.43. The van der Waals surface area contributed by atoms with Crippen LogP contribution in [0.4, 0.5) is 0 Å². The van der Waals surface area contributed by atoms with E-state index in [2.05, 4.69) is 6.92 Å². The van der Waals surface area contributed by atoms with Gasteiger partial charge in [0.1, 0.15) is 13.2 Å². The molecule has 0 amide bonds. The Hall–Kier alpha value is 0.0300. The zero-order valence-electron chi connectivity index (χ0n) is 17.5. The van der Waals surface area contributed by atoms with E-state index in [1.807, 2.05) is 21.1 Å². The minimum Gasteiger partial charge on any atom is -0.756 e. The normalized spacial score (nSPS) is 15.8. The molecule has 0 aliphatic heterocycles. The van der Waals surface area contributed by atoms with E-state index in [0.29, 0.717) is 17.4 Å². The lowest BCUT2D eigenvalue weighted by Gasteiger charge is -2.29. The molecule has 0 heterocycles. The highest BCUT2D eigenvalue weighted by molar-refractivity contribution is 7.45. The SMILES string of the molecule is CCCCCCCCCCCCC(CO)OP(=O)([O-])OCC[N+](C)(C)C. The molecule has 0 aromatic heterocycles. The molecule has 26 heavy (non-hydrogen) atoms. The van der Waals surface area contributed by atoms with Crippen LogP contribution >= 0.6 is 7.82 Å². The van der Waals surface area contributed by atoms with Crippen LogP contribution in [0.2, 0.25) is 0 Å². The van der Waals surface area contributed by atoms with Crippen molar-refractivity contribution in [2.45, 2.75) is 83.7 Å². The second-order valence-corrected chi connectivity index (χ2v) is 9.54. The lowest BCUT2D eigenvalue weighted by molar-refractivity contribution is -0.870. The van der Waals surface area contributed by atoms with Crippen LogP contribution in [0.1, 0.15) is 77.6 Å². The third-order valence-electron chi connectivity index (χ3n) is 4.37. The third kappa shape index (κ3) is 17.4. The second-order valence-electron chi connectivity index (χ2n) is 8.18. The minimum atomic E-state index is -4.35. The van der Waals surface area contributed by atoms with Gasteiger partial charge in [-0.25, -0.2) is 0 Å². The summed E-state index contributed by atoms with van der Waals surface area (Å²) >= 11 is 0. The summed E-state index contributed by atoms with van der Waals surface area (Å²) < 4.78 is 22.3. The lowest BCUT2D eigenvalue weighted by atomic mass is 10.0. The summed E-state index contributed by atoms with van der Waals surface area (Å²) in [7, 11) is 1.53. The first kappa shape index (κ1) is 26.0. The first-order valence-corrected chi connectivity index (χ1v) is 11.7. The van der Waals surface area contributed by atoms with E-state index in [1.165, 1.54) is 44.9 Å². The van der Waals surface area contributed by atoms with Crippen molar-refractivity contribution in [3.63, 3.8) is 0 Å². The van der Waals surface area contributed by atoms with Crippen molar-refractivity contribution >= 4 is 7.82 Å². The van der Waals surface area contributed by atoms with E-state index in [4.69, 9.17) is 9.05 Å². The number of aliphatic hydroxyl groups excluding tert-OH is 1. The van der Waals surface area contributed by atoms with Gasteiger partial charge in [-0.2, -0.15) is 0 Å². The first-order chi connectivity index (χ1) is 12.2. The van der Waals surface area contributed by atoms with Crippen molar-refractivity contribution in [3.8, 4) is 0 Å². The van der Waals surface area contributed by atoms with Gasteiger partial charge in [-0.1, -0.05) is 71.1 Å². The van der Waals surface area contributed by atoms with E-state index >= 15 is 0 Å². The van der Waals surface area contributed by atoms with Gasteiger partial charge in [0, 0.05) is 0 Å². The molecular formula is C19H42NO5P. The maximum absolute atomic E-state index is 11.8. The van der Waals surface area contributed by atoms with Crippen LogP contribution in [0.3, 0.4) is 0 Å². The number of phosphoric acid groups is 1. The van der Waals surface area contributed by atoms with Crippen molar-refractivity contribution in [2.75, 3.05) is 40.9 Å². The predicted molar refractivity (Wildman–Crippen MR) is 105 cm³/mol. The summed E-state index contributed by atoms with van der Waals surface area (Å²) in [5.74, 6) is 0. The summed E-state index contributed by atoms with van der Waals surface area (Å²) in [5, 5.41) is 9.34. The van der Waals surface area contributed by atoms with Gasteiger partial charge in [-0.15, -0.1) is 0 Å². The van der Waals surface area contributed by atoms with Crippen molar-refractivity contribution in [3.05, 3.63) is 0 Å². The molecule has 0 saturated carbocycles. The molecule has 0 saturated heterocycles. The Morgan fingerprint density at radius 2 is 1.46 bits per heavy atom. The summed E-state index contributed by atoms with van der Waals surface area (Å²) in [6, 6.07) is 0. The quantitative estimate of drug-likeness (QED) is 0.217. The highest BCUT2D eigenvalue weighted by atomic mass is 31.2. The molecular weight excluding hydrogens is 353 g/mol. The lowest BCUT2D eigenvalue weighted by Crippen LogP contribution is -2.37. The molecule has 0 aromatic rings. The fraction of sp³-hybridized carbons (Fsp3) is 1.00. The number of hydrogen-bond acceptors (Lipinski definition) is 5. The van der Waals surface area contributed by atoms with Crippen LogP contribution in [-0.2, 0) is 13.6 Å². The Balaban J connectivity index is 3.76. The molecule has 6 nitrogen and oxygen atoms in total. The average Bonchev–Trinajstić information content (AvgIpc) is 2.53. The Labute approximate surface area is 161 Å². The Morgan fingerprint density at radius 1 is 0.962 bits per heavy atom. The van der Waals surface area contributed by atoms with Gasteiger partial charge in [0.15, 0.2) is 0 Å². The van der Waals surface area contributed by atoms with Crippen LogP contribution in [0.5, 0.6) is 0 Å². The Morgan fingerprint density at radius 3 is 1.92 bits per heavy atom. The van der Waals surface area contributed by atoms with Crippen LogP contribution in [0, 0.1) is 0 Å². The summed E-state index contributed by atoms with van der Waals surface area (Å²) in [4.78, 5) is 11.8. The van der Waals surface area contributed by atoms with Crippen LogP contribution in [0.25, 0.3) is 0 Å². The molecule has 2 unspecified atom stereocenters. The number of quaternary nitrogens is 1. The summed E-state index contributed by atoms with van der Waals surface area (Å²) in [6.45, 7) is 2.58. The average molecular weight is 396 g/mol. The van der Waals surface area contributed by atoms with Gasteiger partial charge >= 0.3 is 0 Å². The topological polar surface area (TPSA) is 78.8 Å². The van der Waals surface area contributed by atoms with Gasteiger partial charge in [0.25, 0.3) is 7.82 Å². The second kappa shape index (κ2) is 15.0. The Kier molecular flexibility index (Phi) is 15.0. The summed E-state index contributed by atoms with van der Waals surface area (Å²) in [5.41, 5.74) is 0. The number of likely N-dealkylation sites (N-methyl/N-ethyl adjacent to an activating group) is 1. The van der Waals surface area contributed by atoms with Crippen LogP contribution in [-0.4, -0.2) is 56.6 Å². The number of phosphoric ester groups is 1. The van der Waals surface area contributed by atoms with Crippen molar-refractivity contribution in [2.24, 2.45) is 0 Å². The van der Waals surface area contributed by atoms with E-state index < -0.39 is 13.9 Å². The van der Waals surface area contributed by atoms with E-state index in [1.54, 1.807) is 0 Å². The van der Waals surface area contributed by atoms with Gasteiger partial charge in [0.2, 0.25) is 0 Å². The standard InChI is InChI=1S/C19H42NO5P/c1-5-6-7-8-9-10-11-12-13-14-15-19(18-21)25-26(22,23)24-17-16-20(2,3)4/h19,21H,5-18H2,1-4H3. The Bertz CT molecular complexity index is 373. The first-order valence-electron chi connectivity index (χ1n) is 10.3. The smallest absolute Gasteiger partial charge is 0.268 e. The van der Waals surface area contributed by atoms with Crippen molar-refractivity contribution in [1.82, 2.24) is 0 Å². The number of hydrogen-bond donors (Lipinski definition) is 1. The molecule has 0 aliphatic rings. The van der Waals surface area contributed by atoms with E-state index in [9.17, 15) is 14.6 Å². The zero-order chi connectivity index (χ0) is 19.9. The largest absolute Gasteiger partial charge is 0.756 e. The van der Waals surface area contributed by atoms with Crippen LogP contribution in [0.15, 0.2) is 0 Å². The highest BCUT2D eigenvalue weighted by Gasteiger charge is 2.18. The molecule has 158 valence electrons. The molecule has 0 fully saturated rings.